The van der Waals surface area contributed by atoms with Crippen molar-refractivity contribution in [3.8, 4) is 0 Å². The minimum atomic E-state index is -3.92. The first-order valence-corrected chi connectivity index (χ1v) is 9.55. The maximum Gasteiger partial charge on any atom is 0.322 e. The third-order valence-corrected chi connectivity index (χ3v) is 5.58. The van der Waals surface area contributed by atoms with Gasteiger partial charge < -0.3 is 9.47 Å². The molecule has 8 nitrogen and oxygen atoms in total. The molecule has 1 heterocycles. The lowest BCUT2D eigenvalue weighted by Gasteiger charge is -2.33. The van der Waals surface area contributed by atoms with E-state index in [1.165, 1.54) is 26.4 Å². The Hall–Kier alpha value is -1.97. The van der Waals surface area contributed by atoms with E-state index in [0.717, 1.165) is 5.56 Å². The molecule has 1 fully saturated rings. The van der Waals surface area contributed by atoms with Crippen molar-refractivity contribution >= 4 is 22.1 Å². The molecule has 0 bridgehead atoms. The number of carbonyl (C=O) groups excluding carboxylic acids is 2. The molecule has 1 aliphatic heterocycles. The highest BCUT2D eigenvalue weighted by Crippen LogP contribution is 2.24. The Morgan fingerprint density at radius 3 is 2.00 bits per heavy atom. The number of ether oxygens (including phenoxy) is 2. The Bertz CT molecular complexity index is 721. The van der Waals surface area contributed by atoms with Gasteiger partial charge in [0.15, 0.2) is 0 Å². The van der Waals surface area contributed by atoms with E-state index < -0.39 is 34.1 Å². The van der Waals surface area contributed by atoms with Crippen molar-refractivity contribution in [1.29, 1.82) is 0 Å². The molecule has 9 heteroatoms. The van der Waals surface area contributed by atoms with Gasteiger partial charge in [0.2, 0.25) is 0 Å². The molecule has 0 aliphatic carbocycles. The first-order chi connectivity index (χ1) is 12.3. The number of rotatable bonds is 6. The Balaban J connectivity index is 2.07. The van der Waals surface area contributed by atoms with Gasteiger partial charge in [-0.15, -0.1) is 0 Å². The smallest absolute Gasteiger partial charge is 0.322 e. The molecule has 1 N–H and O–H groups in total. The van der Waals surface area contributed by atoms with Crippen molar-refractivity contribution in [1.82, 2.24) is 5.32 Å². The summed E-state index contributed by atoms with van der Waals surface area (Å²) in [6.07, 6.45) is 0.590. The molecule has 144 valence electrons. The zero-order chi connectivity index (χ0) is 19.3. The molecule has 0 amide bonds. The van der Waals surface area contributed by atoms with Crippen molar-refractivity contribution in [3.05, 3.63) is 29.8 Å². The van der Waals surface area contributed by atoms with E-state index in [1.54, 1.807) is 12.1 Å². The van der Waals surface area contributed by atoms with Gasteiger partial charge in [-0.05, 0) is 37.8 Å². The predicted octanol–water partition coefficient (Wildman–Crippen LogP) is 0.783. The largest absolute Gasteiger partial charge is 0.468 e. The van der Waals surface area contributed by atoms with Crippen LogP contribution in [0.4, 0.5) is 0 Å². The van der Waals surface area contributed by atoms with Crippen LogP contribution >= 0.6 is 0 Å². The number of carbonyl (C=O) groups is 2. The van der Waals surface area contributed by atoms with Gasteiger partial charge in [0, 0.05) is 0 Å². The van der Waals surface area contributed by atoms with Crippen molar-refractivity contribution in [2.24, 2.45) is 5.92 Å². The third-order valence-electron chi connectivity index (χ3n) is 4.28. The molecule has 26 heavy (non-hydrogen) atoms. The molecule has 1 saturated heterocycles. The number of hydrogen-bond donors (Lipinski definition) is 1. The van der Waals surface area contributed by atoms with Gasteiger partial charge in [0.05, 0.1) is 25.7 Å². The average Bonchev–Trinajstić information content (AvgIpc) is 2.65. The summed E-state index contributed by atoms with van der Waals surface area (Å²) < 4.78 is 39.2. The molecular weight excluding hydrogens is 362 g/mol. The van der Waals surface area contributed by atoms with Gasteiger partial charge in [-0.25, -0.2) is 0 Å². The first kappa shape index (κ1) is 20.3. The van der Waals surface area contributed by atoms with Crippen LogP contribution in [0.5, 0.6) is 0 Å². The lowest BCUT2D eigenvalue weighted by Crippen LogP contribution is -2.54. The summed E-state index contributed by atoms with van der Waals surface area (Å²) in [6.45, 7) is 1.71. The molecule has 0 saturated carbocycles. The number of aryl methyl sites for hydroxylation is 1. The van der Waals surface area contributed by atoms with Crippen molar-refractivity contribution in [2.75, 3.05) is 20.8 Å². The van der Waals surface area contributed by atoms with E-state index in [9.17, 15) is 18.0 Å². The summed E-state index contributed by atoms with van der Waals surface area (Å²) in [5.41, 5.74) is 0.934. The molecule has 1 aliphatic rings. The van der Waals surface area contributed by atoms with E-state index in [4.69, 9.17) is 13.7 Å². The Kier molecular flexibility index (Phi) is 6.74. The van der Waals surface area contributed by atoms with Gasteiger partial charge >= 0.3 is 11.9 Å². The number of nitrogens with one attached hydrogen (secondary N) is 1. The third kappa shape index (κ3) is 5.03. The number of esters is 2. The molecule has 3 atom stereocenters. The maximum absolute atomic E-state index is 12.3. The molecule has 1 aromatic rings. The highest BCUT2D eigenvalue weighted by Gasteiger charge is 2.37. The minimum Gasteiger partial charge on any atom is -0.468 e. The molecular formula is C17H23NO7S. The SMILES string of the molecule is COC(=O)[C@@H]1C[C@H](COS(=O)(=O)c2ccc(C)cc2)C[C@H](C(=O)OC)N1. The fourth-order valence-electron chi connectivity index (χ4n) is 2.85. The van der Waals surface area contributed by atoms with E-state index in [0.29, 0.717) is 12.8 Å². The van der Waals surface area contributed by atoms with Crippen LogP contribution in [0, 0.1) is 12.8 Å². The van der Waals surface area contributed by atoms with Crippen LogP contribution < -0.4 is 5.32 Å². The van der Waals surface area contributed by atoms with E-state index in [-0.39, 0.29) is 17.4 Å². The van der Waals surface area contributed by atoms with Crippen LogP contribution in [0.15, 0.2) is 29.2 Å². The van der Waals surface area contributed by atoms with Gasteiger partial charge in [0.1, 0.15) is 12.1 Å². The zero-order valence-corrected chi connectivity index (χ0v) is 15.7. The van der Waals surface area contributed by atoms with Crippen LogP contribution in [-0.4, -0.2) is 53.3 Å². The number of piperidine rings is 1. The van der Waals surface area contributed by atoms with Crippen molar-refractivity contribution in [3.63, 3.8) is 0 Å². The second-order valence-electron chi connectivity index (χ2n) is 6.21. The predicted molar refractivity (Wildman–Crippen MR) is 91.8 cm³/mol. The van der Waals surface area contributed by atoms with E-state index in [1.807, 2.05) is 6.92 Å². The molecule has 0 unspecified atom stereocenters. The monoisotopic (exact) mass is 385 g/mol. The summed E-state index contributed by atoms with van der Waals surface area (Å²) in [6, 6.07) is 4.85. The molecule has 0 radical (unpaired) electrons. The van der Waals surface area contributed by atoms with Gasteiger partial charge in [-0.3, -0.25) is 19.1 Å². The normalized spacial score (nSPS) is 23.3. The fraction of sp³-hybridized carbons (Fsp3) is 0.529. The highest BCUT2D eigenvalue weighted by molar-refractivity contribution is 7.86. The summed E-state index contributed by atoms with van der Waals surface area (Å²) in [4.78, 5) is 23.7. The van der Waals surface area contributed by atoms with Crippen LogP contribution in [0.3, 0.4) is 0 Å². The lowest BCUT2D eigenvalue weighted by atomic mass is 9.88. The Morgan fingerprint density at radius 2 is 1.54 bits per heavy atom. The molecule has 2 rings (SSSR count). The quantitative estimate of drug-likeness (QED) is 0.565. The summed E-state index contributed by atoms with van der Waals surface area (Å²) in [5, 5.41) is 2.87. The van der Waals surface area contributed by atoms with E-state index >= 15 is 0 Å². The van der Waals surface area contributed by atoms with Crippen molar-refractivity contribution < 1.29 is 31.7 Å². The molecule has 1 aromatic carbocycles. The number of hydrogen-bond acceptors (Lipinski definition) is 8. The number of benzene rings is 1. The summed E-state index contributed by atoms with van der Waals surface area (Å²) >= 11 is 0. The molecule has 0 spiro atoms. The second kappa shape index (κ2) is 8.61. The fourth-order valence-corrected chi connectivity index (χ4v) is 3.83. The van der Waals surface area contributed by atoms with Crippen molar-refractivity contribution in [2.45, 2.75) is 36.7 Å². The number of methoxy groups -OCH3 is 2. The molecule has 0 aromatic heterocycles. The lowest BCUT2D eigenvalue weighted by molar-refractivity contribution is -0.149. The summed E-state index contributed by atoms with van der Waals surface area (Å²) in [7, 11) is -1.42. The van der Waals surface area contributed by atoms with Gasteiger partial charge in [-0.1, -0.05) is 17.7 Å². The van der Waals surface area contributed by atoms with Crippen LogP contribution in [-0.2, 0) is 33.4 Å². The Labute approximate surface area is 152 Å². The van der Waals surface area contributed by atoms with E-state index in [2.05, 4.69) is 5.32 Å². The van der Waals surface area contributed by atoms with Crippen LogP contribution in [0.2, 0.25) is 0 Å². The second-order valence-corrected chi connectivity index (χ2v) is 7.82. The minimum absolute atomic E-state index is 0.0612. The summed E-state index contributed by atoms with van der Waals surface area (Å²) in [5.74, 6) is -1.38. The maximum atomic E-state index is 12.3. The van der Waals surface area contributed by atoms with Gasteiger partial charge in [0.25, 0.3) is 10.1 Å². The van der Waals surface area contributed by atoms with Crippen LogP contribution in [0.1, 0.15) is 18.4 Å². The first-order valence-electron chi connectivity index (χ1n) is 8.14. The van der Waals surface area contributed by atoms with Crippen LogP contribution in [0.25, 0.3) is 0 Å². The Morgan fingerprint density at radius 1 is 1.04 bits per heavy atom. The topological polar surface area (TPSA) is 108 Å². The van der Waals surface area contributed by atoms with Gasteiger partial charge in [-0.2, -0.15) is 8.42 Å². The zero-order valence-electron chi connectivity index (χ0n) is 14.9. The average molecular weight is 385 g/mol. The standard InChI is InChI=1S/C17H23NO7S/c1-11-4-6-13(7-5-11)26(21,22)25-10-12-8-14(16(19)23-2)18-15(9-12)17(20)24-3/h4-7,12,14-15,18H,8-10H2,1-3H3/t12-,14-,15+. The highest BCUT2D eigenvalue weighted by atomic mass is 32.2.